The van der Waals surface area contributed by atoms with E-state index < -0.39 is 0 Å². The van der Waals surface area contributed by atoms with Crippen molar-refractivity contribution >= 4 is 5.69 Å². The maximum atomic E-state index is 11.0. The molecule has 16 heavy (non-hydrogen) atoms. The molecule has 1 aromatic carbocycles. The quantitative estimate of drug-likeness (QED) is 0.615. The number of aryl methyl sites for hydroxylation is 1. The highest BCUT2D eigenvalue weighted by Gasteiger charge is 2.23. The molecule has 0 bridgehead atoms. The van der Waals surface area contributed by atoms with Crippen molar-refractivity contribution in [2.75, 3.05) is 13.1 Å². The minimum Gasteiger partial charge on any atom is -0.316 e. The molecule has 1 aromatic rings. The van der Waals surface area contributed by atoms with Crippen LogP contribution in [0, 0.1) is 17.0 Å². The standard InChI is InChI=1S/C12H16N2O2/c1-9-4-5-12(14(15)16)11(7-9)10-3-2-6-13-8-10/h4-5,7,10,13H,2-3,6,8H2,1H3. The number of nitro groups is 1. The lowest BCUT2D eigenvalue weighted by Crippen LogP contribution is -2.28. The number of hydrogen-bond acceptors (Lipinski definition) is 3. The van der Waals surface area contributed by atoms with Crippen LogP contribution >= 0.6 is 0 Å². The number of rotatable bonds is 2. The smallest absolute Gasteiger partial charge is 0.272 e. The van der Waals surface area contributed by atoms with E-state index in [1.165, 1.54) is 0 Å². The van der Waals surface area contributed by atoms with E-state index in [4.69, 9.17) is 0 Å². The zero-order valence-corrected chi connectivity index (χ0v) is 9.40. The number of nitrogens with one attached hydrogen (secondary N) is 1. The number of benzene rings is 1. The molecular weight excluding hydrogens is 204 g/mol. The normalized spacial score (nSPS) is 20.7. The van der Waals surface area contributed by atoms with Gasteiger partial charge in [0.05, 0.1) is 4.92 Å². The highest BCUT2D eigenvalue weighted by Crippen LogP contribution is 2.31. The van der Waals surface area contributed by atoms with Crippen LogP contribution in [0.15, 0.2) is 18.2 Å². The van der Waals surface area contributed by atoms with Gasteiger partial charge in [0.2, 0.25) is 0 Å². The van der Waals surface area contributed by atoms with Gasteiger partial charge in [-0.05, 0) is 32.4 Å². The van der Waals surface area contributed by atoms with Crippen molar-refractivity contribution in [2.45, 2.75) is 25.7 Å². The van der Waals surface area contributed by atoms with Crippen molar-refractivity contribution in [2.24, 2.45) is 0 Å². The van der Waals surface area contributed by atoms with Crippen molar-refractivity contribution in [1.29, 1.82) is 0 Å². The molecule has 1 aliphatic heterocycles. The molecule has 1 aliphatic rings. The summed E-state index contributed by atoms with van der Waals surface area (Å²) in [4.78, 5) is 10.7. The maximum Gasteiger partial charge on any atom is 0.272 e. The van der Waals surface area contributed by atoms with Crippen molar-refractivity contribution in [3.8, 4) is 0 Å². The molecule has 1 saturated heterocycles. The average Bonchev–Trinajstić information content (AvgIpc) is 2.29. The lowest BCUT2D eigenvalue weighted by Gasteiger charge is -2.23. The molecule has 1 atom stereocenters. The second-order valence-corrected chi connectivity index (χ2v) is 4.36. The third-order valence-electron chi connectivity index (χ3n) is 3.12. The van der Waals surface area contributed by atoms with E-state index in [9.17, 15) is 10.1 Å². The molecule has 0 spiro atoms. The average molecular weight is 220 g/mol. The Hall–Kier alpha value is -1.42. The Labute approximate surface area is 94.8 Å². The van der Waals surface area contributed by atoms with E-state index in [1.807, 2.05) is 13.0 Å². The third kappa shape index (κ3) is 2.22. The Morgan fingerprint density at radius 1 is 1.50 bits per heavy atom. The zero-order chi connectivity index (χ0) is 11.5. The summed E-state index contributed by atoms with van der Waals surface area (Å²) in [6.07, 6.45) is 2.13. The van der Waals surface area contributed by atoms with Crippen molar-refractivity contribution in [1.82, 2.24) is 5.32 Å². The summed E-state index contributed by atoms with van der Waals surface area (Å²) in [6.45, 7) is 3.85. The number of nitrogens with zero attached hydrogens (tertiary/aromatic N) is 1. The fraction of sp³-hybridized carbons (Fsp3) is 0.500. The van der Waals surface area contributed by atoms with Gasteiger partial charge in [-0.2, -0.15) is 0 Å². The van der Waals surface area contributed by atoms with Gasteiger partial charge in [0.15, 0.2) is 0 Å². The second-order valence-electron chi connectivity index (χ2n) is 4.36. The van der Waals surface area contributed by atoms with Crippen LogP contribution in [0.1, 0.15) is 29.9 Å². The maximum absolute atomic E-state index is 11.0. The van der Waals surface area contributed by atoms with Gasteiger partial charge in [-0.15, -0.1) is 0 Å². The molecule has 1 fully saturated rings. The molecule has 1 unspecified atom stereocenters. The summed E-state index contributed by atoms with van der Waals surface area (Å²) in [7, 11) is 0. The first-order valence-electron chi connectivity index (χ1n) is 5.64. The van der Waals surface area contributed by atoms with Gasteiger partial charge in [-0.1, -0.05) is 11.6 Å². The Morgan fingerprint density at radius 2 is 2.31 bits per heavy atom. The second kappa shape index (κ2) is 4.61. The molecule has 0 amide bonds. The van der Waals surface area contributed by atoms with Gasteiger partial charge < -0.3 is 5.32 Å². The minimum atomic E-state index is -0.274. The highest BCUT2D eigenvalue weighted by molar-refractivity contribution is 5.45. The Balaban J connectivity index is 2.36. The van der Waals surface area contributed by atoms with E-state index in [0.717, 1.165) is 37.1 Å². The molecule has 0 saturated carbocycles. The van der Waals surface area contributed by atoms with E-state index in [0.29, 0.717) is 0 Å². The van der Waals surface area contributed by atoms with Crippen LogP contribution in [0.25, 0.3) is 0 Å². The van der Waals surface area contributed by atoms with Gasteiger partial charge in [0.25, 0.3) is 5.69 Å². The summed E-state index contributed by atoms with van der Waals surface area (Å²) in [5, 5.41) is 14.3. The van der Waals surface area contributed by atoms with E-state index in [1.54, 1.807) is 12.1 Å². The number of piperidine rings is 1. The van der Waals surface area contributed by atoms with Crippen molar-refractivity contribution < 1.29 is 4.92 Å². The molecule has 1 heterocycles. The highest BCUT2D eigenvalue weighted by atomic mass is 16.6. The zero-order valence-electron chi connectivity index (χ0n) is 9.40. The van der Waals surface area contributed by atoms with E-state index in [2.05, 4.69) is 5.32 Å². The van der Waals surface area contributed by atoms with Crippen LogP contribution in [-0.2, 0) is 0 Å². The summed E-state index contributed by atoms with van der Waals surface area (Å²) >= 11 is 0. The molecule has 4 heteroatoms. The number of nitro benzene ring substituents is 1. The van der Waals surface area contributed by atoms with Crippen LogP contribution in [0.4, 0.5) is 5.69 Å². The molecular formula is C12H16N2O2. The van der Waals surface area contributed by atoms with Crippen LogP contribution in [0.3, 0.4) is 0 Å². The van der Waals surface area contributed by atoms with Crippen molar-refractivity contribution in [3.63, 3.8) is 0 Å². The van der Waals surface area contributed by atoms with Gasteiger partial charge in [0, 0.05) is 24.1 Å². The van der Waals surface area contributed by atoms with Gasteiger partial charge in [-0.3, -0.25) is 10.1 Å². The van der Waals surface area contributed by atoms with Crippen LogP contribution < -0.4 is 5.32 Å². The Kier molecular flexibility index (Phi) is 3.19. The molecule has 0 aliphatic carbocycles. The first kappa shape index (κ1) is 11.1. The monoisotopic (exact) mass is 220 g/mol. The molecule has 4 nitrogen and oxygen atoms in total. The molecule has 86 valence electrons. The molecule has 0 radical (unpaired) electrons. The SMILES string of the molecule is Cc1ccc([N+](=O)[O-])c(C2CCCNC2)c1. The lowest BCUT2D eigenvalue weighted by atomic mass is 9.89. The summed E-state index contributed by atoms with van der Waals surface area (Å²) in [6, 6.07) is 5.38. The van der Waals surface area contributed by atoms with Crippen LogP contribution in [-0.4, -0.2) is 18.0 Å². The topological polar surface area (TPSA) is 55.2 Å². The lowest BCUT2D eigenvalue weighted by molar-refractivity contribution is -0.385. The molecule has 0 aromatic heterocycles. The van der Waals surface area contributed by atoms with Crippen LogP contribution in [0.2, 0.25) is 0 Å². The third-order valence-corrected chi connectivity index (χ3v) is 3.12. The summed E-state index contributed by atoms with van der Waals surface area (Å²) < 4.78 is 0. The van der Waals surface area contributed by atoms with E-state index >= 15 is 0 Å². The molecule has 1 N–H and O–H groups in total. The fourth-order valence-electron chi connectivity index (χ4n) is 2.28. The largest absolute Gasteiger partial charge is 0.316 e. The van der Waals surface area contributed by atoms with Crippen LogP contribution in [0.5, 0.6) is 0 Å². The van der Waals surface area contributed by atoms with Gasteiger partial charge in [0.1, 0.15) is 0 Å². The predicted octanol–water partition coefficient (Wildman–Crippen LogP) is 2.37. The predicted molar refractivity (Wildman–Crippen MR) is 62.7 cm³/mol. The van der Waals surface area contributed by atoms with E-state index in [-0.39, 0.29) is 16.5 Å². The Morgan fingerprint density at radius 3 is 2.94 bits per heavy atom. The summed E-state index contributed by atoms with van der Waals surface area (Å²) in [5.74, 6) is 0.286. The van der Waals surface area contributed by atoms with Gasteiger partial charge >= 0.3 is 0 Å². The number of hydrogen-bond donors (Lipinski definition) is 1. The summed E-state index contributed by atoms with van der Waals surface area (Å²) in [5.41, 5.74) is 2.24. The fourth-order valence-corrected chi connectivity index (χ4v) is 2.28. The first-order chi connectivity index (χ1) is 7.68. The first-order valence-corrected chi connectivity index (χ1v) is 5.64. The Bertz CT molecular complexity index is 398. The van der Waals surface area contributed by atoms with Crippen molar-refractivity contribution in [3.05, 3.63) is 39.4 Å². The molecule has 2 rings (SSSR count). The minimum absolute atomic E-state index is 0.263. The van der Waals surface area contributed by atoms with Gasteiger partial charge in [-0.25, -0.2) is 0 Å².